The first-order valence-corrected chi connectivity index (χ1v) is 10.3. The molecule has 4 rings (SSSR count). The molecule has 0 saturated heterocycles. The third-order valence-electron chi connectivity index (χ3n) is 4.52. The van der Waals surface area contributed by atoms with E-state index in [-0.39, 0.29) is 16.5 Å². The van der Waals surface area contributed by atoms with Gasteiger partial charge in [-0.1, -0.05) is 24.2 Å². The fourth-order valence-electron chi connectivity index (χ4n) is 2.97. The maximum atomic E-state index is 13.1. The molecule has 0 amide bonds. The van der Waals surface area contributed by atoms with E-state index in [4.69, 9.17) is 9.26 Å². The standard InChI is InChI=1S/C20H18N4O4S/c1-3-13-4-6-18(27-2)19(8-13)29(25,26)24-20-16-9-14(5-7-17(16)28-23-20)15-10-21-12-22-11-15/h4-12H,3H2,1-2H3,(H,23,24). The van der Waals surface area contributed by atoms with Crippen LogP contribution in [0.4, 0.5) is 5.82 Å². The Morgan fingerprint density at radius 1 is 1.07 bits per heavy atom. The second-order valence-corrected chi connectivity index (χ2v) is 7.96. The molecule has 0 unspecified atom stereocenters. The molecule has 29 heavy (non-hydrogen) atoms. The molecule has 9 heteroatoms. The fourth-order valence-corrected chi connectivity index (χ4v) is 4.21. The minimum Gasteiger partial charge on any atom is -0.495 e. The van der Waals surface area contributed by atoms with Crippen molar-refractivity contribution in [2.75, 3.05) is 11.8 Å². The summed E-state index contributed by atoms with van der Waals surface area (Å²) in [5.74, 6) is 0.354. The smallest absolute Gasteiger partial charge is 0.266 e. The minimum atomic E-state index is -3.95. The van der Waals surface area contributed by atoms with Crippen molar-refractivity contribution in [3.05, 3.63) is 60.7 Å². The number of rotatable bonds is 6. The van der Waals surface area contributed by atoms with Crippen LogP contribution in [0.25, 0.3) is 22.1 Å². The highest BCUT2D eigenvalue weighted by atomic mass is 32.2. The molecule has 2 heterocycles. The highest BCUT2D eigenvalue weighted by molar-refractivity contribution is 7.92. The molecular formula is C20H18N4O4S. The topological polar surface area (TPSA) is 107 Å². The number of fused-ring (bicyclic) bond motifs is 1. The van der Waals surface area contributed by atoms with Crippen LogP contribution in [0.3, 0.4) is 0 Å². The van der Waals surface area contributed by atoms with Crippen LogP contribution in [-0.2, 0) is 16.4 Å². The van der Waals surface area contributed by atoms with Crippen molar-refractivity contribution >= 4 is 26.8 Å². The number of hydrogen-bond acceptors (Lipinski definition) is 7. The van der Waals surface area contributed by atoms with Crippen molar-refractivity contribution < 1.29 is 17.7 Å². The Morgan fingerprint density at radius 3 is 2.59 bits per heavy atom. The van der Waals surface area contributed by atoms with Crippen LogP contribution in [0, 0.1) is 0 Å². The quantitative estimate of drug-likeness (QED) is 0.517. The molecule has 2 aromatic heterocycles. The van der Waals surface area contributed by atoms with Crippen LogP contribution < -0.4 is 9.46 Å². The second kappa shape index (κ2) is 7.51. The number of aryl methyl sites for hydroxylation is 1. The second-order valence-electron chi connectivity index (χ2n) is 6.31. The number of ether oxygens (including phenoxy) is 1. The number of aromatic nitrogens is 3. The van der Waals surface area contributed by atoms with E-state index in [1.165, 1.54) is 13.4 Å². The molecule has 0 bridgehead atoms. The zero-order valence-electron chi connectivity index (χ0n) is 15.8. The van der Waals surface area contributed by atoms with E-state index in [2.05, 4.69) is 19.8 Å². The monoisotopic (exact) mass is 410 g/mol. The van der Waals surface area contributed by atoms with E-state index < -0.39 is 10.0 Å². The third kappa shape index (κ3) is 3.64. The molecule has 0 radical (unpaired) electrons. The van der Waals surface area contributed by atoms with E-state index in [1.54, 1.807) is 36.7 Å². The van der Waals surface area contributed by atoms with Gasteiger partial charge < -0.3 is 9.26 Å². The van der Waals surface area contributed by atoms with Gasteiger partial charge >= 0.3 is 0 Å². The van der Waals surface area contributed by atoms with Crippen molar-refractivity contribution in [3.8, 4) is 16.9 Å². The van der Waals surface area contributed by atoms with Crippen LogP contribution in [0.15, 0.2) is 64.5 Å². The molecule has 148 valence electrons. The molecule has 0 aliphatic rings. The number of nitrogens with one attached hydrogen (secondary N) is 1. The Balaban J connectivity index is 1.76. The summed E-state index contributed by atoms with van der Waals surface area (Å²) in [5.41, 5.74) is 2.94. The zero-order chi connectivity index (χ0) is 20.4. The number of methoxy groups -OCH3 is 1. The van der Waals surface area contributed by atoms with Gasteiger partial charge in [0, 0.05) is 18.0 Å². The Labute approximate surface area is 167 Å². The predicted molar refractivity (Wildman–Crippen MR) is 108 cm³/mol. The largest absolute Gasteiger partial charge is 0.495 e. The fraction of sp³-hybridized carbons (Fsp3) is 0.150. The Morgan fingerprint density at radius 2 is 1.86 bits per heavy atom. The summed E-state index contributed by atoms with van der Waals surface area (Å²) in [4.78, 5) is 8.06. The Hall–Kier alpha value is -3.46. The summed E-state index contributed by atoms with van der Waals surface area (Å²) in [7, 11) is -2.52. The van der Waals surface area contributed by atoms with E-state index >= 15 is 0 Å². The van der Waals surface area contributed by atoms with E-state index in [1.807, 2.05) is 19.1 Å². The first kappa shape index (κ1) is 18.9. The van der Waals surface area contributed by atoms with E-state index in [0.717, 1.165) is 16.7 Å². The molecular weight excluding hydrogens is 392 g/mol. The normalized spacial score (nSPS) is 11.5. The van der Waals surface area contributed by atoms with Crippen LogP contribution >= 0.6 is 0 Å². The average Bonchev–Trinajstić information content (AvgIpc) is 3.15. The lowest BCUT2D eigenvalue weighted by atomic mass is 10.1. The van der Waals surface area contributed by atoms with Gasteiger partial charge in [-0.25, -0.2) is 18.4 Å². The summed E-state index contributed by atoms with van der Waals surface area (Å²) < 4.78 is 39.1. The summed E-state index contributed by atoms with van der Waals surface area (Å²) in [5, 5.41) is 4.43. The summed E-state index contributed by atoms with van der Waals surface area (Å²) in [6.45, 7) is 1.95. The van der Waals surface area contributed by atoms with E-state index in [9.17, 15) is 8.42 Å². The molecule has 0 atom stereocenters. The predicted octanol–water partition coefficient (Wildman–Crippen LogP) is 3.66. The average molecular weight is 410 g/mol. The van der Waals surface area contributed by atoms with Gasteiger partial charge in [-0.2, -0.15) is 0 Å². The summed E-state index contributed by atoms with van der Waals surface area (Å²) in [6, 6.07) is 10.4. The summed E-state index contributed by atoms with van der Waals surface area (Å²) in [6.07, 6.45) is 5.49. The molecule has 4 aromatic rings. The lowest BCUT2D eigenvalue weighted by Crippen LogP contribution is -2.15. The van der Waals surface area contributed by atoms with E-state index in [0.29, 0.717) is 17.4 Å². The van der Waals surface area contributed by atoms with Crippen molar-refractivity contribution in [2.24, 2.45) is 0 Å². The number of anilines is 1. The SMILES string of the molecule is CCc1ccc(OC)c(S(=O)(=O)Nc2noc3ccc(-c4cncnc4)cc23)c1. The van der Waals surface area contributed by atoms with Crippen molar-refractivity contribution in [1.82, 2.24) is 15.1 Å². The van der Waals surface area contributed by atoms with Gasteiger partial charge in [0.15, 0.2) is 11.4 Å². The van der Waals surface area contributed by atoms with Gasteiger partial charge in [0.05, 0.1) is 12.5 Å². The molecule has 0 aliphatic heterocycles. The van der Waals surface area contributed by atoms with Crippen LogP contribution in [-0.4, -0.2) is 30.7 Å². The Bertz CT molecular complexity index is 1270. The van der Waals surface area contributed by atoms with Crippen LogP contribution in [0.5, 0.6) is 5.75 Å². The highest BCUT2D eigenvalue weighted by Crippen LogP contribution is 2.32. The molecule has 0 fully saturated rings. The number of hydrogen-bond donors (Lipinski definition) is 1. The summed E-state index contributed by atoms with van der Waals surface area (Å²) >= 11 is 0. The molecule has 1 N–H and O–H groups in total. The van der Waals surface area contributed by atoms with Gasteiger partial charge in [-0.3, -0.25) is 4.72 Å². The van der Waals surface area contributed by atoms with Crippen LogP contribution in [0.1, 0.15) is 12.5 Å². The molecule has 0 saturated carbocycles. The first-order valence-electron chi connectivity index (χ1n) is 8.86. The Kier molecular flexibility index (Phi) is 4.89. The van der Waals surface area contributed by atoms with Gasteiger partial charge in [0.1, 0.15) is 17.0 Å². The molecule has 0 spiro atoms. The van der Waals surface area contributed by atoms with Crippen molar-refractivity contribution in [2.45, 2.75) is 18.2 Å². The zero-order valence-corrected chi connectivity index (χ0v) is 16.6. The number of sulfonamides is 1. The van der Waals surface area contributed by atoms with Crippen molar-refractivity contribution in [1.29, 1.82) is 0 Å². The molecule has 0 aliphatic carbocycles. The highest BCUT2D eigenvalue weighted by Gasteiger charge is 2.23. The van der Waals surface area contributed by atoms with Crippen molar-refractivity contribution in [3.63, 3.8) is 0 Å². The molecule has 2 aromatic carbocycles. The lowest BCUT2D eigenvalue weighted by molar-refractivity contribution is 0.402. The number of nitrogens with zero attached hydrogens (tertiary/aromatic N) is 3. The maximum absolute atomic E-state index is 13.1. The molecule has 8 nitrogen and oxygen atoms in total. The van der Waals surface area contributed by atoms with Gasteiger partial charge in [0.2, 0.25) is 0 Å². The lowest BCUT2D eigenvalue weighted by Gasteiger charge is -2.11. The number of benzene rings is 2. The van der Waals surface area contributed by atoms with Gasteiger partial charge in [-0.15, -0.1) is 0 Å². The first-order chi connectivity index (χ1) is 14.0. The minimum absolute atomic E-state index is 0.0445. The van der Waals surface area contributed by atoms with Gasteiger partial charge in [-0.05, 0) is 41.8 Å². The maximum Gasteiger partial charge on any atom is 0.266 e. The van der Waals surface area contributed by atoms with Gasteiger partial charge in [0.25, 0.3) is 10.0 Å². The van der Waals surface area contributed by atoms with Crippen LogP contribution in [0.2, 0.25) is 0 Å². The third-order valence-corrected chi connectivity index (χ3v) is 5.88.